The van der Waals surface area contributed by atoms with Crippen molar-refractivity contribution < 1.29 is 9.59 Å². The lowest BCUT2D eigenvalue weighted by Gasteiger charge is -2.16. The molecule has 4 heteroatoms. The summed E-state index contributed by atoms with van der Waals surface area (Å²) in [5, 5.41) is 0.646. The minimum absolute atomic E-state index is 0.374. The van der Waals surface area contributed by atoms with Gasteiger partial charge < -0.3 is 4.90 Å². The van der Waals surface area contributed by atoms with E-state index in [0.717, 1.165) is 5.56 Å². The minimum Gasteiger partial charge on any atom is -0.300 e. The van der Waals surface area contributed by atoms with Gasteiger partial charge in [0.15, 0.2) is 0 Å². The summed E-state index contributed by atoms with van der Waals surface area (Å²) in [4.78, 5) is 25.3. The number of hydrogen-bond donors (Lipinski definition) is 0. The summed E-state index contributed by atoms with van der Waals surface area (Å²) in [6.45, 7) is 0.374. The second-order valence-electron chi connectivity index (χ2n) is 4.36. The van der Waals surface area contributed by atoms with Crippen LogP contribution in [0, 0.1) is 0 Å². The highest BCUT2D eigenvalue weighted by Crippen LogP contribution is 2.29. The number of nitrogens with zero attached hydrogens (tertiary/aromatic N) is 1. The van der Waals surface area contributed by atoms with Crippen molar-refractivity contribution in [2.45, 2.75) is 6.54 Å². The van der Waals surface area contributed by atoms with Gasteiger partial charge in [-0.15, -0.1) is 0 Å². The van der Waals surface area contributed by atoms with Crippen LogP contribution >= 0.6 is 11.6 Å². The molecule has 94 valence electrons. The van der Waals surface area contributed by atoms with Gasteiger partial charge >= 0.3 is 0 Å². The van der Waals surface area contributed by atoms with Crippen LogP contribution in [0.25, 0.3) is 0 Å². The molecule has 3 rings (SSSR count). The number of halogens is 1. The van der Waals surface area contributed by atoms with Crippen LogP contribution in [-0.2, 0) is 11.3 Å². The first-order valence-corrected chi connectivity index (χ1v) is 6.24. The number of benzene rings is 2. The number of para-hydroxylation sites is 1. The molecule has 0 unspecified atom stereocenters. The predicted octanol–water partition coefficient (Wildman–Crippen LogP) is 3.07. The van der Waals surface area contributed by atoms with Crippen molar-refractivity contribution in [2.24, 2.45) is 0 Å². The average molecular weight is 272 g/mol. The van der Waals surface area contributed by atoms with Gasteiger partial charge in [0.05, 0.1) is 17.8 Å². The fourth-order valence-corrected chi connectivity index (χ4v) is 2.30. The first-order chi connectivity index (χ1) is 9.16. The fraction of sp³-hybridized carbons (Fsp3) is 0.0667. The molecule has 1 aliphatic rings. The van der Waals surface area contributed by atoms with E-state index in [0.29, 0.717) is 22.8 Å². The van der Waals surface area contributed by atoms with Crippen LogP contribution < -0.4 is 4.90 Å². The Morgan fingerprint density at radius 1 is 0.947 bits per heavy atom. The van der Waals surface area contributed by atoms with Crippen LogP contribution in [0.1, 0.15) is 15.9 Å². The van der Waals surface area contributed by atoms with Gasteiger partial charge in [-0.05, 0) is 29.8 Å². The molecular formula is C15H10ClNO2. The zero-order chi connectivity index (χ0) is 13.4. The molecule has 2 aromatic carbocycles. The number of anilines is 1. The predicted molar refractivity (Wildman–Crippen MR) is 73.4 cm³/mol. The SMILES string of the molecule is O=C1C(=O)N(Cc2ccc(Cl)cc2)c2ccccc21. The highest BCUT2D eigenvalue weighted by atomic mass is 35.5. The van der Waals surface area contributed by atoms with Crippen LogP contribution in [0.15, 0.2) is 48.5 Å². The van der Waals surface area contributed by atoms with Crippen molar-refractivity contribution in [3.05, 3.63) is 64.7 Å². The van der Waals surface area contributed by atoms with Gasteiger partial charge in [-0.3, -0.25) is 9.59 Å². The maximum Gasteiger partial charge on any atom is 0.299 e. The van der Waals surface area contributed by atoms with E-state index in [9.17, 15) is 9.59 Å². The van der Waals surface area contributed by atoms with Gasteiger partial charge in [-0.2, -0.15) is 0 Å². The van der Waals surface area contributed by atoms with E-state index in [1.807, 2.05) is 18.2 Å². The second-order valence-corrected chi connectivity index (χ2v) is 4.80. The molecule has 0 saturated heterocycles. The van der Waals surface area contributed by atoms with Gasteiger partial charge in [0.25, 0.3) is 11.7 Å². The zero-order valence-electron chi connectivity index (χ0n) is 9.97. The molecule has 0 aliphatic carbocycles. The van der Waals surface area contributed by atoms with Gasteiger partial charge in [-0.1, -0.05) is 35.9 Å². The Labute approximate surface area is 115 Å². The fourth-order valence-electron chi connectivity index (χ4n) is 2.18. The number of carbonyl (C=O) groups is 2. The summed E-state index contributed by atoms with van der Waals surface area (Å²) in [5.41, 5.74) is 2.08. The van der Waals surface area contributed by atoms with Crippen LogP contribution in [0.5, 0.6) is 0 Å². The van der Waals surface area contributed by atoms with E-state index in [1.54, 1.807) is 30.3 Å². The topological polar surface area (TPSA) is 37.4 Å². The van der Waals surface area contributed by atoms with Gasteiger partial charge in [-0.25, -0.2) is 0 Å². The lowest BCUT2D eigenvalue weighted by Crippen LogP contribution is -2.29. The van der Waals surface area contributed by atoms with Gasteiger partial charge in [0, 0.05) is 5.02 Å². The van der Waals surface area contributed by atoms with Crippen molar-refractivity contribution >= 4 is 29.0 Å². The molecule has 1 amide bonds. The summed E-state index contributed by atoms with van der Waals surface area (Å²) in [5.74, 6) is -0.916. The Balaban J connectivity index is 1.95. The summed E-state index contributed by atoms with van der Waals surface area (Å²) >= 11 is 5.83. The Bertz CT molecular complexity index is 664. The number of Topliss-reactive ketones (excluding diaryl/α,β-unsaturated/α-hetero) is 1. The number of hydrogen-bond acceptors (Lipinski definition) is 2. The largest absolute Gasteiger partial charge is 0.300 e. The van der Waals surface area contributed by atoms with Crippen molar-refractivity contribution in [3.63, 3.8) is 0 Å². The first kappa shape index (κ1) is 11.9. The molecule has 19 heavy (non-hydrogen) atoms. The molecule has 0 spiro atoms. The lowest BCUT2D eigenvalue weighted by atomic mass is 10.1. The molecule has 0 saturated carbocycles. The highest BCUT2D eigenvalue weighted by Gasteiger charge is 2.35. The van der Waals surface area contributed by atoms with Crippen LogP contribution in [0.4, 0.5) is 5.69 Å². The lowest BCUT2D eigenvalue weighted by molar-refractivity contribution is -0.114. The van der Waals surface area contributed by atoms with E-state index < -0.39 is 11.7 Å². The smallest absolute Gasteiger partial charge is 0.299 e. The van der Waals surface area contributed by atoms with Crippen molar-refractivity contribution in [1.29, 1.82) is 0 Å². The molecule has 0 fully saturated rings. The van der Waals surface area contributed by atoms with E-state index in [2.05, 4.69) is 0 Å². The maximum absolute atomic E-state index is 12.0. The molecule has 2 aromatic rings. The third-order valence-electron chi connectivity index (χ3n) is 3.13. The molecule has 0 atom stereocenters. The Hall–Kier alpha value is -2.13. The molecule has 1 aliphatic heterocycles. The third kappa shape index (κ3) is 2.02. The van der Waals surface area contributed by atoms with Crippen LogP contribution in [-0.4, -0.2) is 11.7 Å². The highest BCUT2D eigenvalue weighted by molar-refractivity contribution is 6.52. The standard InChI is InChI=1S/C15H10ClNO2/c16-11-7-5-10(6-8-11)9-17-13-4-2-1-3-12(13)14(18)15(17)19/h1-8H,9H2. The number of amides is 1. The van der Waals surface area contributed by atoms with Crippen molar-refractivity contribution in [2.75, 3.05) is 4.90 Å². The molecule has 0 bridgehead atoms. The van der Waals surface area contributed by atoms with E-state index in [4.69, 9.17) is 11.6 Å². The zero-order valence-corrected chi connectivity index (χ0v) is 10.7. The number of carbonyl (C=O) groups excluding carboxylic acids is 2. The van der Waals surface area contributed by atoms with Crippen molar-refractivity contribution in [1.82, 2.24) is 0 Å². The number of ketones is 1. The number of rotatable bonds is 2. The second kappa shape index (κ2) is 4.52. The van der Waals surface area contributed by atoms with Crippen LogP contribution in [0.3, 0.4) is 0 Å². The molecule has 0 radical (unpaired) electrons. The Morgan fingerprint density at radius 3 is 2.37 bits per heavy atom. The van der Waals surface area contributed by atoms with Gasteiger partial charge in [0.2, 0.25) is 0 Å². The molecule has 3 nitrogen and oxygen atoms in total. The summed E-state index contributed by atoms with van der Waals surface area (Å²) in [7, 11) is 0. The van der Waals surface area contributed by atoms with Gasteiger partial charge in [0.1, 0.15) is 0 Å². The molecule has 1 heterocycles. The summed E-state index contributed by atoms with van der Waals surface area (Å²) < 4.78 is 0. The average Bonchev–Trinajstić information content (AvgIpc) is 2.67. The monoisotopic (exact) mass is 271 g/mol. The van der Waals surface area contributed by atoms with E-state index in [1.165, 1.54) is 4.90 Å². The quantitative estimate of drug-likeness (QED) is 0.787. The number of fused-ring (bicyclic) bond motifs is 1. The maximum atomic E-state index is 12.0. The Morgan fingerprint density at radius 2 is 1.63 bits per heavy atom. The Kier molecular flexibility index (Phi) is 2.84. The molecule has 0 N–H and O–H groups in total. The van der Waals surface area contributed by atoms with E-state index >= 15 is 0 Å². The van der Waals surface area contributed by atoms with Crippen LogP contribution in [0.2, 0.25) is 5.02 Å². The minimum atomic E-state index is -0.476. The molecule has 0 aromatic heterocycles. The molecular weight excluding hydrogens is 262 g/mol. The third-order valence-corrected chi connectivity index (χ3v) is 3.38. The normalized spacial score (nSPS) is 13.8. The first-order valence-electron chi connectivity index (χ1n) is 5.86. The van der Waals surface area contributed by atoms with E-state index in [-0.39, 0.29) is 0 Å². The summed E-state index contributed by atoms with van der Waals surface area (Å²) in [6, 6.07) is 14.3. The summed E-state index contributed by atoms with van der Waals surface area (Å²) in [6.07, 6.45) is 0. The van der Waals surface area contributed by atoms with Crippen molar-refractivity contribution in [3.8, 4) is 0 Å².